The standard InChI is InChI=1S/C19H21N5O/c1-11-8-12(2)24(21-11)15-7-5-6-14(9-15)16-10-17(25)20-19-18(16)13(3)22-23(19)4/h5-9,16H,10H2,1-4H3,(H,20,25). The van der Waals surface area contributed by atoms with E-state index in [4.69, 9.17) is 0 Å². The van der Waals surface area contributed by atoms with Gasteiger partial charge in [-0.3, -0.25) is 9.48 Å². The molecule has 0 radical (unpaired) electrons. The molecule has 2 aromatic heterocycles. The third-order valence-electron chi connectivity index (χ3n) is 4.79. The molecular weight excluding hydrogens is 314 g/mol. The summed E-state index contributed by atoms with van der Waals surface area (Å²) in [6.45, 7) is 6.03. The molecular formula is C19H21N5O. The second-order valence-corrected chi connectivity index (χ2v) is 6.71. The summed E-state index contributed by atoms with van der Waals surface area (Å²) in [6.07, 6.45) is 0.431. The number of aromatic nitrogens is 4. The van der Waals surface area contributed by atoms with Gasteiger partial charge in [-0.1, -0.05) is 12.1 Å². The lowest BCUT2D eigenvalue weighted by Crippen LogP contribution is -2.24. The molecule has 1 N–H and O–H groups in total. The van der Waals surface area contributed by atoms with Gasteiger partial charge in [-0.2, -0.15) is 10.2 Å². The molecule has 0 aliphatic carbocycles. The van der Waals surface area contributed by atoms with Crippen molar-refractivity contribution >= 4 is 11.7 Å². The maximum absolute atomic E-state index is 12.2. The number of nitrogens with one attached hydrogen (secondary N) is 1. The van der Waals surface area contributed by atoms with Gasteiger partial charge >= 0.3 is 0 Å². The smallest absolute Gasteiger partial charge is 0.226 e. The minimum absolute atomic E-state index is 0.00867. The molecule has 1 aliphatic rings. The van der Waals surface area contributed by atoms with E-state index < -0.39 is 0 Å². The zero-order valence-corrected chi connectivity index (χ0v) is 14.9. The van der Waals surface area contributed by atoms with Crippen molar-refractivity contribution in [3.63, 3.8) is 0 Å². The van der Waals surface area contributed by atoms with Gasteiger partial charge in [-0.25, -0.2) is 4.68 Å². The Morgan fingerprint density at radius 1 is 1.16 bits per heavy atom. The topological polar surface area (TPSA) is 64.7 Å². The molecule has 0 saturated carbocycles. The molecule has 25 heavy (non-hydrogen) atoms. The Balaban J connectivity index is 1.82. The maximum atomic E-state index is 12.2. The fourth-order valence-electron chi connectivity index (χ4n) is 3.76. The van der Waals surface area contributed by atoms with Gasteiger partial charge in [-0.05, 0) is 44.5 Å². The van der Waals surface area contributed by atoms with E-state index in [1.807, 2.05) is 44.6 Å². The van der Waals surface area contributed by atoms with Crippen LogP contribution in [0.25, 0.3) is 5.69 Å². The highest BCUT2D eigenvalue weighted by molar-refractivity contribution is 5.94. The molecule has 1 unspecified atom stereocenters. The molecule has 1 amide bonds. The third kappa shape index (κ3) is 2.54. The summed E-state index contributed by atoms with van der Waals surface area (Å²) in [5.41, 5.74) is 6.26. The number of amides is 1. The quantitative estimate of drug-likeness (QED) is 0.783. The zero-order chi connectivity index (χ0) is 17.7. The van der Waals surface area contributed by atoms with Crippen molar-refractivity contribution in [1.82, 2.24) is 19.6 Å². The Bertz CT molecular complexity index is 982. The summed E-state index contributed by atoms with van der Waals surface area (Å²) < 4.78 is 3.69. The Hall–Kier alpha value is -2.89. The van der Waals surface area contributed by atoms with E-state index in [0.29, 0.717) is 6.42 Å². The fourth-order valence-corrected chi connectivity index (χ4v) is 3.76. The first kappa shape index (κ1) is 15.6. The van der Waals surface area contributed by atoms with Crippen LogP contribution in [0, 0.1) is 20.8 Å². The van der Waals surface area contributed by atoms with Gasteiger partial charge in [0.2, 0.25) is 5.91 Å². The molecule has 1 aliphatic heterocycles. The van der Waals surface area contributed by atoms with Crippen molar-refractivity contribution in [2.24, 2.45) is 7.05 Å². The van der Waals surface area contributed by atoms with Crippen LogP contribution in [0.4, 0.5) is 5.82 Å². The Morgan fingerprint density at radius 3 is 2.68 bits per heavy atom. The molecule has 6 nitrogen and oxygen atoms in total. The number of aryl methyl sites for hydroxylation is 4. The van der Waals surface area contributed by atoms with E-state index in [-0.39, 0.29) is 11.8 Å². The highest BCUT2D eigenvalue weighted by atomic mass is 16.1. The fraction of sp³-hybridized carbons (Fsp3) is 0.316. The predicted octanol–water partition coefficient (Wildman–Crippen LogP) is 3.01. The van der Waals surface area contributed by atoms with E-state index in [2.05, 4.69) is 33.7 Å². The Morgan fingerprint density at radius 2 is 1.96 bits per heavy atom. The summed E-state index contributed by atoms with van der Waals surface area (Å²) in [6, 6.07) is 10.3. The number of carbonyl (C=O) groups excluding carboxylic acids is 1. The molecule has 0 bridgehead atoms. The van der Waals surface area contributed by atoms with Gasteiger partial charge in [0.15, 0.2) is 0 Å². The molecule has 4 rings (SSSR count). The van der Waals surface area contributed by atoms with Crippen LogP contribution in [0.1, 0.15) is 40.5 Å². The highest BCUT2D eigenvalue weighted by Gasteiger charge is 2.31. The van der Waals surface area contributed by atoms with Gasteiger partial charge in [0.1, 0.15) is 5.82 Å². The van der Waals surface area contributed by atoms with Crippen LogP contribution in [0.5, 0.6) is 0 Å². The molecule has 6 heteroatoms. The van der Waals surface area contributed by atoms with E-state index in [1.165, 1.54) is 0 Å². The molecule has 1 aromatic carbocycles. The number of fused-ring (bicyclic) bond motifs is 1. The monoisotopic (exact) mass is 335 g/mol. The van der Waals surface area contributed by atoms with Crippen LogP contribution in [-0.2, 0) is 11.8 Å². The predicted molar refractivity (Wildman–Crippen MR) is 96.1 cm³/mol. The lowest BCUT2D eigenvalue weighted by molar-refractivity contribution is -0.116. The summed E-state index contributed by atoms with van der Waals surface area (Å²) >= 11 is 0. The summed E-state index contributed by atoms with van der Waals surface area (Å²) in [5.74, 6) is 0.835. The Kier molecular flexibility index (Phi) is 3.49. The van der Waals surface area contributed by atoms with Crippen molar-refractivity contribution < 1.29 is 4.79 Å². The number of anilines is 1. The van der Waals surface area contributed by atoms with Crippen LogP contribution in [0.15, 0.2) is 30.3 Å². The molecule has 3 heterocycles. The first-order valence-electron chi connectivity index (χ1n) is 8.41. The van der Waals surface area contributed by atoms with Crippen molar-refractivity contribution in [3.05, 3.63) is 58.5 Å². The average molecular weight is 335 g/mol. The number of rotatable bonds is 2. The van der Waals surface area contributed by atoms with Crippen LogP contribution >= 0.6 is 0 Å². The average Bonchev–Trinajstić information content (AvgIpc) is 3.05. The van der Waals surface area contributed by atoms with Crippen LogP contribution in [0.2, 0.25) is 0 Å². The number of nitrogens with zero attached hydrogens (tertiary/aromatic N) is 4. The second-order valence-electron chi connectivity index (χ2n) is 6.71. The first-order valence-corrected chi connectivity index (χ1v) is 8.41. The third-order valence-corrected chi connectivity index (χ3v) is 4.79. The van der Waals surface area contributed by atoms with Crippen LogP contribution in [0.3, 0.4) is 0 Å². The number of carbonyl (C=O) groups is 1. The molecule has 3 aromatic rings. The van der Waals surface area contributed by atoms with E-state index in [9.17, 15) is 4.79 Å². The lowest BCUT2D eigenvalue weighted by atomic mass is 9.85. The lowest BCUT2D eigenvalue weighted by Gasteiger charge is -2.24. The zero-order valence-electron chi connectivity index (χ0n) is 14.9. The first-order chi connectivity index (χ1) is 11.9. The number of hydrogen-bond acceptors (Lipinski definition) is 3. The van der Waals surface area contributed by atoms with Crippen molar-refractivity contribution in [1.29, 1.82) is 0 Å². The number of hydrogen-bond donors (Lipinski definition) is 1. The molecule has 0 fully saturated rings. The normalized spacial score (nSPS) is 16.6. The van der Waals surface area contributed by atoms with Gasteiger partial charge < -0.3 is 5.32 Å². The maximum Gasteiger partial charge on any atom is 0.226 e. The van der Waals surface area contributed by atoms with Crippen molar-refractivity contribution in [2.75, 3.05) is 5.32 Å². The Labute approximate surface area is 146 Å². The SMILES string of the molecule is Cc1cc(C)n(-c2cccc(C3CC(=O)Nc4c3c(C)nn4C)c2)n1. The molecule has 0 saturated heterocycles. The van der Waals surface area contributed by atoms with Crippen LogP contribution in [-0.4, -0.2) is 25.5 Å². The summed E-state index contributed by atoms with van der Waals surface area (Å²) in [7, 11) is 1.86. The van der Waals surface area contributed by atoms with E-state index in [0.717, 1.165) is 39.7 Å². The molecule has 0 spiro atoms. The minimum atomic E-state index is 0.00867. The molecule has 128 valence electrons. The van der Waals surface area contributed by atoms with Crippen molar-refractivity contribution in [2.45, 2.75) is 33.1 Å². The van der Waals surface area contributed by atoms with Gasteiger partial charge in [0, 0.05) is 30.6 Å². The van der Waals surface area contributed by atoms with Gasteiger partial charge in [0.25, 0.3) is 0 Å². The minimum Gasteiger partial charge on any atom is -0.311 e. The van der Waals surface area contributed by atoms with Gasteiger partial charge in [0.05, 0.1) is 17.1 Å². The molecule has 1 atom stereocenters. The van der Waals surface area contributed by atoms with E-state index in [1.54, 1.807) is 4.68 Å². The second kappa shape index (κ2) is 5.58. The van der Waals surface area contributed by atoms with E-state index >= 15 is 0 Å². The number of benzene rings is 1. The summed E-state index contributed by atoms with van der Waals surface area (Å²) in [4.78, 5) is 12.2. The van der Waals surface area contributed by atoms with Crippen LogP contribution < -0.4 is 5.32 Å². The van der Waals surface area contributed by atoms with Gasteiger partial charge in [-0.15, -0.1) is 0 Å². The summed E-state index contributed by atoms with van der Waals surface area (Å²) in [5, 5.41) is 12.0. The highest BCUT2D eigenvalue weighted by Crippen LogP contribution is 2.39. The largest absolute Gasteiger partial charge is 0.311 e. The van der Waals surface area contributed by atoms with Crippen molar-refractivity contribution in [3.8, 4) is 5.69 Å².